The topological polar surface area (TPSA) is 52.6 Å². The Morgan fingerprint density at radius 1 is 1.18 bits per heavy atom. The van der Waals surface area contributed by atoms with Gasteiger partial charge in [-0.25, -0.2) is 4.98 Å². The molecule has 17 heavy (non-hydrogen) atoms. The Morgan fingerprint density at radius 2 is 1.94 bits per heavy atom. The summed E-state index contributed by atoms with van der Waals surface area (Å²) in [4.78, 5) is 4.13. The van der Waals surface area contributed by atoms with Crippen LogP contribution < -0.4 is 5.32 Å². The molecule has 0 saturated carbocycles. The van der Waals surface area contributed by atoms with Gasteiger partial charge in [-0.1, -0.05) is 0 Å². The first kappa shape index (κ1) is 13.9. The fourth-order valence-corrected chi connectivity index (χ4v) is 1.25. The van der Waals surface area contributed by atoms with E-state index in [0.29, 0.717) is 33.0 Å². The molecule has 0 aromatic carbocycles. The average Bonchev–Trinajstić information content (AvgIpc) is 2.38. The van der Waals surface area contributed by atoms with Crippen LogP contribution in [0.4, 0.5) is 5.82 Å². The fourth-order valence-electron chi connectivity index (χ4n) is 1.25. The summed E-state index contributed by atoms with van der Waals surface area (Å²) in [7, 11) is 3.50. The summed E-state index contributed by atoms with van der Waals surface area (Å²) in [5, 5.41) is 2.99. The molecule has 0 atom stereocenters. The van der Waals surface area contributed by atoms with Crippen molar-refractivity contribution in [3.05, 3.63) is 23.9 Å². The van der Waals surface area contributed by atoms with Crippen molar-refractivity contribution >= 4 is 5.82 Å². The van der Waals surface area contributed by atoms with Gasteiger partial charge in [-0.3, -0.25) is 0 Å². The molecule has 0 aliphatic heterocycles. The van der Waals surface area contributed by atoms with E-state index in [-0.39, 0.29) is 0 Å². The van der Waals surface area contributed by atoms with E-state index < -0.39 is 0 Å². The third-order valence-corrected chi connectivity index (χ3v) is 2.15. The highest BCUT2D eigenvalue weighted by Gasteiger charge is 1.96. The molecule has 0 amide bonds. The highest BCUT2D eigenvalue weighted by Crippen LogP contribution is 2.06. The Hall–Kier alpha value is -1.17. The van der Waals surface area contributed by atoms with Crippen molar-refractivity contribution in [2.24, 2.45) is 0 Å². The summed E-state index contributed by atoms with van der Waals surface area (Å²) in [6.07, 6.45) is 1.76. The van der Waals surface area contributed by atoms with Gasteiger partial charge in [-0.05, 0) is 17.7 Å². The quantitative estimate of drug-likeness (QED) is 0.659. The van der Waals surface area contributed by atoms with Gasteiger partial charge in [0.2, 0.25) is 0 Å². The van der Waals surface area contributed by atoms with Crippen LogP contribution in [0.2, 0.25) is 0 Å². The van der Waals surface area contributed by atoms with Crippen LogP contribution in [0.15, 0.2) is 18.3 Å². The van der Waals surface area contributed by atoms with Crippen LogP contribution in [0.5, 0.6) is 0 Å². The minimum absolute atomic E-state index is 0.574. The third kappa shape index (κ3) is 6.21. The number of anilines is 1. The summed E-state index contributed by atoms with van der Waals surface area (Å²) in [5.74, 6) is 0.849. The highest BCUT2D eigenvalue weighted by molar-refractivity contribution is 5.36. The number of hydrogen-bond acceptors (Lipinski definition) is 5. The van der Waals surface area contributed by atoms with Gasteiger partial charge in [0, 0.05) is 20.4 Å². The zero-order valence-electron chi connectivity index (χ0n) is 10.4. The van der Waals surface area contributed by atoms with Gasteiger partial charge < -0.3 is 19.5 Å². The Bertz CT molecular complexity index is 308. The lowest BCUT2D eigenvalue weighted by atomic mass is 10.3. The second-order valence-corrected chi connectivity index (χ2v) is 3.46. The van der Waals surface area contributed by atoms with Crippen molar-refractivity contribution in [2.75, 3.05) is 45.9 Å². The summed E-state index contributed by atoms with van der Waals surface area (Å²) in [6.45, 7) is 2.98. The van der Waals surface area contributed by atoms with Crippen LogP contribution in [0.25, 0.3) is 0 Å². The van der Waals surface area contributed by atoms with E-state index in [1.807, 2.05) is 19.2 Å². The Morgan fingerprint density at radius 3 is 2.71 bits per heavy atom. The molecule has 0 unspecified atom stereocenters. The number of nitrogens with one attached hydrogen (secondary N) is 1. The van der Waals surface area contributed by atoms with Crippen molar-refractivity contribution in [1.29, 1.82) is 0 Å². The van der Waals surface area contributed by atoms with E-state index >= 15 is 0 Å². The number of ether oxygens (including phenoxy) is 3. The molecule has 1 aromatic rings. The molecule has 0 spiro atoms. The minimum atomic E-state index is 0.574. The molecule has 0 fully saturated rings. The summed E-state index contributed by atoms with van der Waals surface area (Å²) < 4.78 is 15.6. The molecule has 1 aromatic heterocycles. The van der Waals surface area contributed by atoms with E-state index in [4.69, 9.17) is 14.2 Å². The van der Waals surface area contributed by atoms with E-state index in [9.17, 15) is 0 Å². The van der Waals surface area contributed by atoms with Crippen molar-refractivity contribution in [3.8, 4) is 0 Å². The zero-order chi connectivity index (χ0) is 12.3. The number of pyridine rings is 1. The van der Waals surface area contributed by atoms with Crippen LogP contribution >= 0.6 is 0 Å². The maximum Gasteiger partial charge on any atom is 0.125 e. The van der Waals surface area contributed by atoms with Crippen molar-refractivity contribution < 1.29 is 14.2 Å². The summed E-state index contributed by atoms with van der Waals surface area (Å²) in [5.41, 5.74) is 1.10. The normalized spacial score (nSPS) is 10.5. The van der Waals surface area contributed by atoms with Crippen LogP contribution in [-0.2, 0) is 20.8 Å². The van der Waals surface area contributed by atoms with Crippen LogP contribution in [-0.4, -0.2) is 45.6 Å². The van der Waals surface area contributed by atoms with E-state index in [2.05, 4.69) is 10.3 Å². The second kappa shape index (κ2) is 8.92. The Kier molecular flexibility index (Phi) is 7.29. The highest BCUT2D eigenvalue weighted by atomic mass is 16.5. The molecule has 5 heteroatoms. The van der Waals surface area contributed by atoms with Gasteiger partial charge in [-0.2, -0.15) is 0 Å². The first-order valence-electron chi connectivity index (χ1n) is 5.64. The molecule has 0 aliphatic rings. The number of aromatic nitrogens is 1. The van der Waals surface area contributed by atoms with Crippen LogP contribution in [0.1, 0.15) is 5.56 Å². The fraction of sp³-hybridized carbons (Fsp3) is 0.583. The second-order valence-electron chi connectivity index (χ2n) is 3.46. The summed E-state index contributed by atoms with van der Waals surface area (Å²) >= 11 is 0. The lowest BCUT2D eigenvalue weighted by molar-refractivity contribution is 0.0199. The standard InChI is InChI=1S/C12H20N2O3/c1-13-12-9-11(3-4-14-12)10-17-8-7-16-6-5-15-2/h3-4,9H,5-8,10H2,1-2H3,(H,13,14). The van der Waals surface area contributed by atoms with E-state index in [0.717, 1.165) is 11.4 Å². The smallest absolute Gasteiger partial charge is 0.125 e. The average molecular weight is 240 g/mol. The predicted octanol–water partition coefficient (Wildman–Crippen LogP) is 1.30. The van der Waals surface area contributed by atoms with Gasteiger partial charge in [0.1, 0.15) is 5.82 Å². The number of hydrogen-bond donors (Lipinski definition) is 1. The maximum atomic E-state index is 5.48. The van der Waals surface area contributed by atoms with Gasteiger partial charge in [0.15, 0.2) is 0 Å². The minimum Gasteiger partial charge on any atom is -0.382 e. The van der Waals surface area contributed by atoms with Gasteiger partial charge in [-0.15, -0.1) is 0 Å². The lowest BCUT2D eigenvalue weighted by Crippen LogP contribution is -2.08. The number of rotatable bonds is 9. The molecule has 0 radical (unpaired) electrons. The monoisotopic (exact) mass is 240 g/mol. The molecule has 5 nitrogen and oxygen atoms in total. The van der Waals surface area contributed by atoms with Crippen molar-refractivity contribution in [1.82, 2.24) is 4.98 Å². The van der Waals surface area contributed by atoms with E-state index in [1.54, 1.807) is 13.3 Å². The predicted molar refractivity (Wildman–Crippen MR) is 66.1 cm³/mol. The zero-order valence-corrected chi connectivity index (χ0v) is 10.4. The Balaban J connectivity index is 2.09. The molecule has 1 N–H and O–H groups in total. The SMILES string of the molecule is CNc1cc(COCCOCCOC)ccn1. The third-order valence-electron chi connectivity index (χ3n) is 2.15. The van der Waals surface area contributed by atoms with Crippen LogP contribution in [0.3, 0.4) is 0 Å². The molecule has 0 saturated heterocycles. The van der Waals surface area contributed by atoms with Gasteiger partial charge >= 0.3 is 0 Å². The van der Waals surface area contributed by atoms with Crippen molar-refractivity contribution in [3.63, 3.8) is 0 Å². The molecular formula is C12H20N2O3. The first-order chi connectivity index (χ1) is 8.36. The molecule has 0 aliphatic carbocycles. The maximum absolute atomic E-state index is 5.48. The Labute approximate surface area is 102 Å². The first-order valence-corrected chi connectivity index (χ1v) is 5.64. The molecule has 1 rings (SSSR count). The van der Waals surface area contributed by atoms with Crippen molar-refractivity contribution in [2.45, 2.75) is 6.61 Å². The largest absolute Gasteiger partial charge is 0.382 e. The molecule has 96 valence electrons. The lowest BCUT2D eigenvalue weighted by Gasteiger charge is -2.06. The molecule has 1 heterocycles. The number of methoxy groups -OCH3 is 1. The van der Waals surface area contributed by atoms with Crippen LogP contribution in [0, 0.1) is 0 Å². The van der Waals surface area contributed by atoms with Gasteiger partial charge in [0.05, 0.1) is 33.0 Å². The molecule has 0 bridgehead atoms. The summed E-state index contributed by atoms with van der Waals surface area (Å²) in [6, 6.07) is 3.90. The number of nitrogens with zero attached hydrogens (tertiary/aromatic N) is 1. The van der Waals surface area contributed by atoms with E-state index in [1.165, 1.54) is 0 Å². The molecular weight excluding hydrogens is 220 g/mol. The van der Waals surface area contributed by atoms with Gasteiger partial charge in [0.25, 0.3) is 0 Å².